The lowest BCUT2D eigenvalue weighted by Gasteiger charge is -2.35. The topological polar surface area (TPSA) is 45.8 Å². The van der Waals surface area contributed by atoms with Crippen LogP contribution in [0.15, 0.2) is 22.8 Å². The van der Waals surface area contributed by atoms with Crippen LogP contribution in [0.2, 0.25) is 0 Å². The molecule has 0 radical (unpaired) electrons. The molecule has 0 spiro atoms. The minimum Gasteiger partial charge on any atom is -0.461 e. The summed E-state index contributed by atoms with van der Waals surface area (Å²) in [6.45, 7) is 0.697. The lowest BCUT2D eigenvalue weighted by Crippen LogP contribution is -2.43. The first-order valence-electron chi connectivity index (χ1n) is 6.40. The van der Waals surface area contributed by atoms with Gasteiger partial charge >= 0.3 is 0 Å². The maximum atomic E-state index is 14.4. The number of benzene rings is 1. The highest BCUT2D eigenvalue weighted by Gasteiger charge is 2.31. The molecule has 20 heavy (non-hydrogen) atoms. The first kappa shape index (κ1) is 13.5. The second-order valence-electron chi connectivity index (χ2n) is 5.08. The summed E-state index contributed by atoms with van der Waals surface area (Å²) in [7, 11) is 1.82. The molecule has 1 aliphatic heterocycles. The molecule has 2 aromatic rings. The molecule has 0 aliphatic carbocycles. The number of furan rings is 1. The molecule has 1 N–H and O–H groups in total. The Labute approximate surface area is 114 Å². The summed E-state index contributed by atoms with van der Waals surface area (Å²) in [5.41, 5.74) is -0.115. The van der Waals surface area contributed by atoms with Gasteiger partial charge in [0, 0.05) is 18.5 Å². The lowest BCUT2D eigenvalue weighted by molar-refractivity contribution is -0.101. The SMILES string of the molecule is CN1CC(CO)OC(c2c(F)cc3ccoc3c2F)C1. The fourth-order valence-corrected chi connectivity index (χ4v) is 2.63. The van der Waals surface area contributed by atoms with Gasteiger partial charge in [-0.25, -0.2) is 8.78 Å². The van der Waals surface area contributed by atoms with E-state index >= 15 is 0 Å². The Bertz CT molecular complexity index is 628. The van der Waals surface area contributed by atoms with E-state index < -0.39 is 23.8 Å². The van der Waals surface area contributed by atoms with E-state index in [1.165, 1.54) is 18.4 Å². The van der Waals surface area contributed by atoms with E-state index in [-0.39, 0.29) is 17.8 Å². The van der Waals surface area contributed by atoms with Crippen molar-refractivity contribution in [1.82, 2.24) is 4.90 Å². The molecule has 1 aromatic carbocycles. The second kappa shape index (κ2) is 5.12. The number of halogens is 2. The third kappa shape index (κ3) is 2.19. The zero-order chi connectivity index (χ0) is 14.3. The van der Waals surface area contributed by atoms with Gasteiger partial charge in [0.2, 0.25) is 0 Å². The van der Waals surface area contributed by atoms with Gasteiger partial charge in [0.05, 0.1) is 24.5 Å². The molecule has 0 amide bonds. The van der Waals surface area contributed by atoms with E-state index in [1.54, 1.807) is 0 Å². The third-order valence-electron chi connectivity index (χ3n) is 3.55. The molecule has 1 saturated heterocycles. The fraction of sp³-hybridized carbons (Fsp3) is 0.429. The molecule has 3 rings (SSSR count). The summed E-state index contributed by atoms with van der Waals surface area (Å²) in [6.07, 6.45) is 0.103. The third-order valence-corrected chi connectivity index (χ3v) is 3.55. The van der Waals surface area contributed by atoms with Crippen molar-refractivity contribution in [1.29, 1.82) is 0 Å². The van der Waals surface area contributed by atoms with Crippen LogP contribution in [-0.2, 0) is 4.74 Å². The molecule has 2 atom stereocenters. The Morgan fingerprint density at radius 3 is 2.95 bits per heavy atom. The Morgan fingerprint density at radius 2 is 2.20 bits per heavy atom. The quantitative estimate of drug-likeness (QED) is 0.916. The molecule has 2 heterocycles. The van der Waals surface area contributed by atoms with Crippen molar-refractivity contribution >= 4 is 11.0 Å². The summed E-state index contributed by atoms with van der Waals surface area (Å²) in [6, 6.07) is 2.75. The number of ether oxygens (including phenoxy) is 1. The number of aliphatic hydroxyl groups excluding tert-OH is 1. The first-order chi connectivity index (χ1) is 9.60. The van der Waals surface area contributed by atoms with Crippen molar-refractivity contribution in [2.24, 2.45) is 0 Å². The summed E-state index contributed by atoms with van der Waals surface area (Å²) < 4.78 is 39.2. The van der Waals surface area contributed by atoms with E-state index in [0.717, 1.165) is 0 Å². The molecule has 0 saturated carbocycles. The molecular weight excluding hydrogens is 268 g/mol. The van der Waals surface area contributed by atoms with Crippen LogP contribution in [0.25, 0.3) is 11.0 Å². The molecule has 0 bridgehead atoms. The summed E-state index contributed by atoms with van der Waals surface area (Å²) >= 11 is 0. The molecule has 1 fully saturated rings. The second-order valence-corrected chi connectivity index (χ2v) is 5.08. The number of hydrogen-bond acceptors (Lipinski definition) is 4. The van der Waals surface area contributed by atoms with E-state index in [4.69, 9.17) is 9.15 Å². The predicted molar refractivity (Wildman–Crippen MR) is 68.3 cm³/mol. The maximum absolute atomic E-state index is 14.4. The van der Waals surface area contributed by atoms with Crippen LogP contribution in [0.3, 0.4) is 0 Å². The van der Waals surface area contributed by atoms with Crippen LogP contribution < -0.4 is 0 Å². The minimum atomic E-state index is -0.764. The van der Waals surface area contributed by atoms with Crippen molar-refractivity contribution < 1.29 is 23.0 Å². The Hall–Kier alpha value is -1.50. The smallest absolute Gasteiger partial charge is 0.175 e. The average molecular weight is 283 g/mol. The Morgan fingerprint density at radius 1 is 1.40 bits per heavy atom. The van der Waals surface area contributed by atoms with E-state index in [1.807, 2.05) is 11.9 Å². The normalized spacial score (nSPS) is 24.4. The maximum Gasteiger partial charge on any atom is 0.175 e. The highest BCUT2D eigenvalue weighted by molar-refractivity contribution is 5.78. The highest BCUT2D eigenvalue weighted by atomic mass is 19.1. The number of likely N-dealkylation sites (N-methyl/N-ethyl adjacent to an activating group) is 1. The summed E-state index contributed by atoms with van der Waals surface area (Å²) in [5.74, 6) is -1.39. The van der Waals surface area contributed by atoms with Crippen LogP contribution in [0.5, 0.6) is 0 Å². The van der Waals surface area contributed by atoms with Crippen LogP contribution in [0.1, 0.15) is 11.7 Å². The number of fused-ring (bicyclic) bond motifs is 1. The van der Waals surface area contributed by atoms with Gasteiger partial charge in [-0.05, 0) is 19.2 Å². The van der Waals surface area contributed by atoms with E-state index in [0.29, 0.717) is 18.5 Å². The molecule has 6 heteroatoms. The highest BCUT2D eigenvalue weighted by Crippen LogP contribution is 2.33. The van der Waals surface area contributed by atoms with Gasteiger partial charge < -0.3 is 19.2 Å². The van der Waals surface area contributed by atoms with Gasteiger partial charge in [0.25, 0.3) is 0 Å². The van der Waals surface area contributed by atoms with Crippen LogP contribution >= 0.6 is 0 Å². The molecule has 1 aromatic heterocycles. The molecule has 108 valence electrons. The predicted octanol–water partition coefficient (Wildman–Crippen LogP) is 2.08. The van der Waals surface area contributed by atoms with Crippen molar-refractivity contribution in [3.8, 4) is 0 Å². The van der Waals surface area contributed by atoms with Gasteiger partial charge in [-0.3, -0.25) is 0 Å². The minimum absolute atomic E-state index is 0.0266. The van der Waals surface area contributed by atoms with Crippen LogP contribution in [0, 0.1) is 11.6 Å². The number of nitrogens with zero attached hydrogens (tertiary/aromatic N) is 1. The summed E-state index contributed by atoms with van der Waals surface area (Å²) in [4.78, 5) is 1.88. The monoisotopic (exact) mass is 283 g/mol. The first-order valence-corrected chi connectivity index (χ1v) is 6.40. The van der Waals surface area contributed by atoms with Gasteiger partial charge in [0.15, 0.2) is 11.4 Å². The Balaban J connectivity index is 2.04. The van der Waals surface area contributed by atoms with Crippen molar-refractivity contribution in [2.45, 2.75) is 12.2 Å². The molecule has 2 unspecified atom stereocenters. The average Bonchev–Trinajstić information content (AvgIpc) is 2.86. The van der Waals surface area contributed by atoms with Gasteiger partial charge in [0.1, 0.15) is 11.9 Å². The molecule has 4 nitrogen and oxygen atoms in total. The zero-order valence-electron chi connectivity index (χ0n) is 11.0. The van der Waals surface area contributed by atoms with Gasteiger partial charge in [-0.2, -0.15) is 0 Å². The van der Waals surface area contributed by atoms with Crippen LogP contribution in [0.4, 0.5) is 8.78 Å². The van der Waals surface area contributed by atoms with Gasteiger partial charge in [-0.1, -0.05) is 0 Å². The number of hydrogen-bond donors (Lipinski definition) is 1. The number of rotatable bonds is 2. The fourth-order valence-electron chi connectivity index (χ4n) is 2.63. The lowest BCUT2D eigenvalue weighted by atomic mass is 10.0. The van der Waals surface area contributed by atoms with E-state index in [9.17, 15) is 13.9 Å². The van der Waals surface area contributed by atoms with Gasteiger partial charge in [-0.15, -0.1) is 0 Å². The van der Waals surface area contributed by atoms with Crippen LogP contribution in [-0.4, -0.2) is 42.9 Å². The standard InChI is InChI=1S/C14H15F2NO3/c1-17-5-9(7-18)20-11(6-17)12-10(15)4-8-2-3-19-14(8)13(12)16/h2-4,9,11,18H,5-7H2,1H3. The van der Waals surface area contributed by atoms with Crippen molar-refractivity contribution in [2.75, 3.05) is 26.7 Å². The number of aliphatic hydroxyl groups is 1. The summed E-state index contributed by atoms with van der Waals surface area (Å²) in [5, 5.41) is 9.57. The number of morpholine rings is 1. The zero-order valence-corrected chi connectivity index (χ0v) is 11.0. The van der Waals surface area contributed by atoms with Crippen molar-refractivity contribution in [3.63, 3.8) is 0 Å². The van der Waals surface area contributed by atoms with E-state index in [2.05, 4.69) is 0 Å². The Kier molecular flexibility index (Phi) is 3.45. The largest absolute Gasteiger partial charge is 0.461 e. The van der Waals surface area contributed by atoms with Crippen molar-refractivity contribution in [3.05, 3.63) is 35.6 Å². The molecular formula is C14H15F2NO3. The molecule has 1 aliphatic rings.